The van der Waals surface area contributed by atoms with Crippen LogP contribution in [0.25, 0.3) is 0 Å². The maximum absolute atomic E-state index is 5.81. The zero-order valence-corrected chi connectivity index (χ0v) is 12.1. The molecule has 0 saturated carbocycles. The summed E-state index contributed by atoms with van der Waals surface area (Å²) in [4.78, 5) is 2.54. The molecular formula is C16H26N2O. The predicted octanol–water partition coefficient (Wildman–Crippen LogP) is 2.43. The van der Waals surface area contributed by atoms with Gasteiger partial charge in [0.25, 0.3) is 0 Å². The Morgan fingerprint density at radius 1 is 1.37 bits per heavy atom. The van der Waals surface area contributed by atoms with Crippen LogP contribution < -0.4 is 5.73 Å². The zero-order valence-electron chi connectivity index (χ0n) is 12.1. The summed E-state index contributed by atoms with van der Waals surface area (Å²) in [5.74, 6) is 0.649. The van der Waals surface area contributed by atoms with Crippen molar-refractivity contribution in [3.63, 3.8) is 0 Å². The Kier molecular flexibility index (Phi) is 5.37. The largest absolute Gasteiger partial charge is 0.380 e. The van der Waals surface area contributed by atoms with Crippen LogP contribution in [0.2, 0.25) is 0 Å². The van der Waals surface area contributed by atoms with Crippen molar-refractivity contribution >= 4 is 0 Å². The lowest BCUT2D eigenvalue weighted by atomic mass is 9.92. The molecule has 1 aromatic rings. The molecule has 0 radical (unpaired) electrons. The molecule has 1 aliphatic rings. The molecule has 1 saturated heterocycles. The zero-order chi connectivity index (χ0) is 13.7. The second kappa shape index (κ2) is 7.04. The fourth-order valence-electron chi connectivity index (χ4n) is 3.04. The second-order valence-corrected chi connectivity index (χ2v) is 5.54. The minimum atomic E-state index is 0.345. The van der Waals surface area contributed by atoms with Gasteiger partial charge < -0.3 is 10.5 Å². The van der Waals surface area contributed by atoms with E-state index in [1.807, 2.05) is 7.11 Å². The molecule has 2 rings (SSSR count). The molecule has 0 aromatic heterocycles. The van der Waals surface area contributed by atoms with Crippen molar-refractivity contribution < 1.29 is 4.74 Å². The summed E-state index contributed by atoms with van der Waals surface area (Å²) in [6.07, 6.45) is 2.55. The summed E-state index contributed by atoms with van der Waals surface area (Å²) in [6, 6.07) is 11.1. The lowest BCUT2D eigenvalue weighted by molar-refractivity contribution is -0.0204. The fraction of sp³-hybridized carbons (Fsp3) is 0.625. The van der Waals surface area contributed by atoms with E-state index in [1.54, 1.807) is 0 Å². The van der Waals surface area contributed by atoms with Crippen LogP contribution in [0.5, 0.6) is 0 Å². The van der Waals surface area contributed by atoms with Gasteiger partial charge in [-0.15, -0.1) is 0 Å². The average Bonchev–Trinajstić information content (AvgIpc) is 2.46. The Labute approximate surface area is 116 Å². The Bertz CT molecular complexity index is 368. The number of hydrogen-bond acceptors (Lipinski definition) is 3. The minimum Gasteiger partial charge on any atom is -0.380 e. The molecule has 1 aromatic carbocycles. The van der Waals surface area contributed by atoms with Crippen molar-refractivity contribution in [3.8, 4) is 0 Å². The van der Waals surface area contributed by atoms with Gasteiger partial charge in [0.1, 0.15) is 0 Å². The predicted molar refractivity (Wildman–Crippen MR) is 79.0 cm³/mol. The third-order valence-corrected chi connectivity index (χ3v) is 4.29. The van der Waals surface area contributed by atoms with Crippen LogP contribution in [-0.4, -0.2) is 37.7 Å². The van der Waals surface area contributed by atoms with Crippen molar-refractivity contribution in [3.05, 3.63) is 35.9 Å². The van der Waals surface area contributed by atoms with Gasteiger partial charge in [-0.05, 0) is 37.4 Å². The van der Waals surface area contributed by atoms with Crippen LogP contribution in [0.1, 0.15) is 31.4 Å². The highest BCUT2D eigenvalue weighted by atomic mass is 16.5. The van der Waals surface area contributed by atoms with Gasteiger partial charge in [0.15, 0.2) is 0 Å². The molecule has 0 bridgehead atoms. The molecule has 1 aliphatic heterocycles. The van der Waals surface area contributed by atoms with Crippen molar-refractivity contribution in [2.24, 2.45) is 11.7 Å². The maximum Gasteiger partial charge on any atom is 0.0724 e. The van der Waals surface area contributed by atoms with E-state index in [4.69, 9.17) is 10.5 Å². The van der Waals surface area contributed by atoms with Crippen LogP contribution in [-0.2, 0) is 4.74 Å². The molecule has 19 heavy (non-hydrogen) atoms. The first-order chi connectivity index (χ1) is 9.26. The molecule has 0 spiro atoms. The molecule has 106 valence electrons. The number of piperidine rings is 1. The smallest absolute Gasteiger partial charge is 0.0724 e. The van der Waals surface area contributed by atoms with E-state index in [2.05, 4.69) is 42.2 Å². The topological polar surface area (TPSA) is 38.5 Å². The van der Waals surface area contributed by atoms with Gasteiger partial charge in [0.2, 0.25) is 0 Å². The van der Waals surface area contributed by atoms with Crippen LogP contribution in [0, 0.1) is 5.92 Å². The molecule has 3 atom stereocenters. The lowest BCUT2D eigenvalue weighted by Crippen LogP contribution is -2.45. The minimum absolute atomic E-state index is 0.345. The number of rotatable bonds is 5. The van der Waals surface area contributed by atoms with Gasteiger partial charge in [-0.1, -0.05) is 37.3 Å². The van der Waals surface area contributed by atoms with Crippen molar-refractivity contribution in [2.45, 2.75) is 31.9 Å². The number of nitrogens with zero attached hydrogens (tertiary/aromatic N) is 1. The summed E-state index contributed by atoms with van der Waals surface area (Å²) >= 11 is 0. The molecule has 2 N–H and O–H groups in total. The number of ether oxygens (including phenoxy) is 1. The summed E-state index contributed by atoms with van der Waals surface area (Å²) in [5.41, 5.74) is 7.18. The van der Waals surface area contributed by atoms with E-state index in [0.29, 0.717) is 18.1 Å². The Hall–Kier alpha value is -0.900. The van der Waals surface area contributed by atoms with Crippen LogP contribution in [0.4, 0.5) is 0 Å². The summed E-state index contributed by atoms with van der Waals surface area (Å²) in [6.45, 7) is 5.16. The fourth-order valence-corrected chi connectivity index (χ4v) is 3.04. The first kappa shape index (κ1) is 14.5. The molecular weight excluding hydrogens is 236 g/mol. The highest BCUT2D eigenvalue weighted by molar-refractivity contribution is 5.19. The van der Waals surface area contributed by atoms with E-state index in [0.717, 1.165) is 26.1 Å². The Morgan fingerprint density at radius 2 is 2.11 bits per heavy atom. The number of hydrogen-bond donors (Lipinski definition) is 1. The summed E-state index contributed by atoms with van der Waals surface area (Å²) in [5, 5.41) is 0. The summed E-state index contributed by atoms with van der Waals surface area (Å²) < 4.78 is 5.62. The van der Waals surface area contributed by atoms with Gasteiger partial charge in [-0.2, -0.15) is 0 Å². The maximum atomic E-state index is 5.81. The first-order valence-corrected chi connectivity index (χ1v) is 7.28. The van der Waals surface area contributed by atoms with Crippen LogP contribution in [0.3, 0.4) is 0 Å². The van der Waals surface area contributed by atoms with Gasteiger partial charge >= 0.3 is 0 Å². The molecule has 1 heterocycles. The van der Waals surface area contributed by atoms with E-state index < -0.39 is 0 Å². The Balaban J connectivity index is 2.11. The van der Waals surface area contributed by atoms with Gasteiger partial charge in [-0.3, -0.25) is 4.90 Å². The standard InChI is InChI=1S/C16H26N2O/c1-13-9-11-18(12-16(13)19-2)15(8-10-17)14-6-4-3-5-7-14/h3-7,13,15-16H,8-12,17H2,1-2H3. The van der Waals surface area contributed by atoms with Crippen LogP contribution >= 0.6 is 0 Å². The molecule has 0 amide bonds. The number of methoxy groups -OCH3 is 1. The molecule has 3 heteroatoms. The van der Waals surface area contributed by atoms with Gasteiger partial charge in [0.05, 0.1) is 6.10 Å². The monoisotopic (exact) mass is 262 g/mol. The average molecular weight is 262 g/mol. The van der Waals surface area contributed by atoms with Crippen molar-refractivity contribution in [1.82, 2.24) is 4.90 Å². The van der Waals surface area contributed by atoms with E-state index >= 15 is 0 Å². The second-order valence-electron chi connectivity index (χ2n) is 5.54. The highest BCUT2D eigenvalue weighted by Gasteiger charge is 2.30. The highest BCUT2D eigenvalue weighted by Crippen LogP contribution is 2.29. The van der Waals surface area contributed by atoms with Crippen molar-refractivity contribution in [2.75, 3.05) is 26.7 Å². The molecule has 0 aliphatic carbocycles. The third-order valence-electron chi connectivity index (χ3n) is 4.29. The Morgan fingerprint density at radius 3 is 2.74 bits per heavy atom. The third kappa shape index (κ3) is 3.56. The van der Waals surface area contributed by atoms with E-state index in [1.165, 1.54) is 12.0 Å². The molecule has 3 nitrogen and oxygen atoms in total. The van der Waals surface area contributed by atoms with Gasteiger partial charge in [0, 0.05) is 19.7 Å². The van der Waals surface area contributed by atoms with Gasteiger partial charge in [-0.25, -0.2) is 0 Å². The summed E-state index contributed by atoms with van der Waals surface area (Å²) in [7, 11) is 1.82. The normalized spacial score (nSPS) is 26.3. The first-order valence-electron chi connectivity index (χ1n) is 7.28. The van der Waals surface area contributed by atoms with E-state index in [9.17, 15) is 0 Å². The number of nitrogens with two attached hydrogens (primary N) is 1. The van der Waals surface area contributed by atoms with Crippen LogP contribution in [0.15, 0.2) is 30.3 Å². The SMILES string of the molecule is COC1CN(C(CCN)c2ccccc2)CCC1C. The molecule has 3 unspecified atom stereocenters. The van der Waals surface area contributed by atoms with E-state index in [-0.39, 0.29) is 0 Å². The number of likely N-dealkylation sites (tertiary alicyclic amines) is 1. The van der Waals surface area contributed by atoms with Crippen molar-refractivity contribution in [1.29, 1.82) is 0 Å². The lowest BCUT2D eigenvalue weighted by Gasteiger charge is -2.41. The number of benzene rings is 1. The quantitative estimate of drug-likeness (QED) is 0.885. The molecule has 1 fully saturated rings.